The monoisotopic (exact) mass is 481 g/mol. The molecule has 1 aliphatic heterocycles. The fourth-order valence-electron chi connectivity index (χ4n) is 5.37. The van der Waals surface area contributed by atoms with E-state index in [9.17, 15) is 9.18 Å². The van der Waals surface area contributed by atoms with Crippen LogP contribution in [0, 0.1) is 12.7 Å². The Morgan fingerprint density at radius 2 is 1.64 bits per heavy atom. The zero-order valence-electron chi connectivity index (χ0n) is 22.0. The van der Waals surface area contributed by atoms with Crippen molar-refractivity contribution in [3.63, 3.8) is 0 Å². The highest BCUT2D eigenvalue weighted by molar-refractivity contribution is 6.01. The highest BCUT2D eigenvalue weighted by Gasteiger charge is 2.39. The van der Waals surface area contributed by atoms with E-state index in [2.05, 4.69) is 63.8 Å². The smallest absolute Gasteiger partial charge is 0.337 e. The molecular formula is C32H32FNO2. The Balaban J connectivity index is 1.85. The van der Waals surface area contributed by atoms with Crippen LogP contribution in [0.4, 0.5) is 21.5 Å². The minimum absolute atomic E-state index is 0.0135. The molecule has 0 radical (unpaired) electrons. The van der Waals surface area contributed by atoms with Gasteiger partial charge < -0.3 is 9.64 Å². The number of fused-ring (bicyclic) bond motifs is 4. The van der Waals surface area contributed by atoms with Crippen LogP contribution in [0.2, 0.25) is 0 Å². The van der Waals surface area contributed by atoms with Gasteiger partial charge in [-0.3, -0.25) is 0 Å². The standard InChI is InChI=1S/C32H32FNO2/c1-19-8-12-23(18-26(19)33)34-27-15-11-22(31(2,3)4)17-25(27)32(5,6)29-24-13-9-21(30(35)36-7)16-20(24)10-14-28(29)34/h8-18H,1-7H3. The summed E-state index contributed by atoms with van der Waals surface area (Å²) in [4.78, 5) is 14.4. The van der Waals surface area contributed by atoms with Gasteiger partial charge in [0.2, 0.25) is 0 Å². The van der Waals surface area contributed by atoms with Crippen molar-refractivity contribution in [3.05, 3.63) is 100 Å². The third-order valence-electron chi connectivity index (χ3n) is 7.48. The van der Waals surface area contributed by atoms with Gasteiger partial charge in [-0.05, 0) is 81.8 Å². The lowest BCUT2D eigenvalue weighted by molar-refractivity contribution is 0.0601. The Morgan fingerprint density at radius 3 is 2.31 bits per heavy atom. The van der Waals surface area contributed by atoms with Crippen LogP contribution in [0.25, 0.3) is 10.8 Å². The van der Waals surface area contributed by atoms with E-state index in [1.54, 1.807) is 13.0 Å². The maximum absolute atomic E-state index is 14.8. The van der Waals surface area contributed by atoms with Crippen LogP contribution in [-0.2, 0) is 15.6 Å². The average Bonchev–Trinajstić information content (AvgIpc) is 2.84. The van der Waals surface area contributed by atoms with E-state index < -0.39 is 0 Å². The minimum Gasteiger partial charge on any atom is -0.465 e. The largest absolute Gasteiger partial charge is 0.465 e. The second-order valence-corrected chi connectivity index (χ2v) is 11.3. The molecule has 5 rings (SSSR count). The Labute approximate surface area is 212 Å². The van der Waals surface area contributed by atoms with Crippen molar-refractivity contribution in [2.24, 2.45) is 0 Å². The first-order chi connectivity index (χ1) is 16.9. The number of rotatable bonds is 2. The predicted octanol–water partition coefficient (Wildman–Crippen LogP) is 8.48. The predicted molar refractivity (Wildman–Crippen MR) is 145 cm³/mol. The Bertz CT molecular complexity index is 1530. The van der Waals surface area contributed by atoms with Gasteiger partial charge in [-0.15, -0.1) is 0 Å². The summed E-state index contributed by atoms with van der Waals surface area (Å²) in [5.74, 6) is -0.582. The van der Waals surface area contributed by atoms with Gasteiger partial charge in [-0.1, -0.05) is 65.0 Å². The molecule has 3 nitrogen and oxygen atoms in total. The quantitative estimate of drug-likeness (QED) is 0.269. The van der Waals surface area contributed by atoms with Crippen molar-refractivity contribution in [2.45, 2.75) is 52.4 Å². The molecule has 0 unspecified atom stereocenters. The number of hydrogen-bond donors (Lipinski definition) is 0. The molecule has 0 N–H and O–H groups in total. The lowest BCUT2D eigenvalue weighted by Crippen LogP contribution is -2.31. The van der Waals surface area contributed by atoms with Crippen LogP contribution in [0.1, 0.15) is 67.2 Å². The topological polar surface area (TPSA) is 29.5 Å². The molecule has 0 saturated carbocycles. The summed E-state index contributed by atoms with van der Waals surface area (Å²) >= 11 is 0. The molecule has 0 atom stereocenters. The second kappa shape index (κ2) is 8.19. The number of halogens is 1. The number of aryl methyl sites for hydroxylation is 1. The third-order valence-corrected chi connectivity index (χ3v) is 7.48. The van der Waals surface area contributed by atoms with Crippen molar-refractivity contribution in [1.82, 2.24) is 0 Å². The van der Waals surface area contributed by atoms with Gasteiger partial charge >= 0.3 is 5.97 Å². The van der Waals surface area contributed by atoms with Crippen molar-refractivity contribution in [2.75, 3.05) is 12.0 Å². The lowest BCUT2D eigenvalue weighted by Gasteiger charge is -2.43. The highest BCUT2D eigenvalue weighted by Crippen LogP contribution is 2.54. The first kappa shape index (κ1) is 24.1. The number of carbonyl (C=O) groups is 1. The number of methoxy groups -OCH3 is 1. The molecular weight excluding hydrogens is 449 g/mol. The summed E-state index contributed by atoms with van der Waals surface area (Å²) in [6, 6.07) is 21.9. The number of benzene rings is 4. The van der Waals surface area contributed by atoms with Gasteiger partial charge in [0.05, 0.1) is 24.0 Å². The Kier molecular flexibility index (Phi) is 5.47. The van der Waals surface area contributed by atoms with Crippen LogP contribution in [0.3, 0.4) is 0 Å². The normalized spacial score (nSPS) is 14.4. The molecule has 0 saturated heterocycles. The van der Waals surface area contributed by atoms with Crippen molar-refractivity contribution in [1.29, 1.82) is 0 Å². The summed E-state index contributed by atoms with van der Waals surface area (Å²) in [7, 11) is 1.39. The number of hydrogen-bond acceptors (Lipinski definition) is 3. The van der Waals surface area contributed by atoms with Gasteiger partial charge in [-0.25, -0.2) is 9.18 Å². The summed E-state index contributed by atoms with van der Waals surface area (Å²) in [5, 5.41) is 2.03. The van der Waals surface area contributed by atoms with Gasteiger partial charge in [0.15, 0.2) is 0 Å². The molecule has 4 aromatic rings. The number of anilines is 3. The van der Waals surface area contributed by atoms with E-state index in [0.717, 1.165) is 33.4 Å². The van der Waals surface area contributed by atoms with E-state index >= 15 is 0 Å². The zero-order valence-corrected chi connectivity index (χ0v) is 22.0. The molecule has 1 aliphatic rings. The molecule has 0 amide bonds. The number of carbonyl (C=O) groups excluding carboxylic acids is 1. The van der Waals surface area contributed by atoms with Crippen LogP contribution in [-0.4, -0.2) is 13.1 Å². The number of ether oxygens (including phenoxy) is 1. The highest BCUT2D eigenvalue weighted by atomic mass is 19.1. The van der Waals surface area contributed by atoms with E-state index in [-0.39, 0.29) is 22.6 Å². The first-order valence-electron chi connectivity index (χ1n) is 12.3. The number of esters is 1. The van der Waals surface area contributed by atoms with Crippen LogP contribution >= 0.6 is 0 Å². The van der Waals surface area contributed by atoms with Crippen LogP contribution in [0.5, 0.6) is 0 Å². The fourth-order valence-corrected chi connectivity index (χ4v) is 5.37. The Hall–Kier alpha value is -3.66. The average molecular weight is 482 g/mol. The summed E-state index contributed by atoms with van der Waals surface area (Å²) in [6.07, 6.45) is 0. The van der Waals surface area contributed by atoms with Crippen LogP contribution < -0.4 is 4.90 Å². The van der Waals surface area contributed by atoms with Gasteiger partial charge in [-0.2, -0.15) is 0 Å². The first-order valence-corrected chi connectivity index (χ1v) is 12.3. The molecule has 0 spiro atoms. The number of nitrogens with zero attached hydrogens (tertiary/aromatic N) is 1. The molecule has 4 heteroatoms. The molecule has 0 aromatic heterocycles. The third kappa shape index (κ3) is 3.67. The molecule has 4 aromatic carbocycles. The van der Waals surface area contributed by atoms with E-state index in [1.807, 2.05) is 36.4 Å². The van der Waals surface area contributed by atoms with E-state index in [1.165, 1.54) is 18.2 Å². The lowest BCUT2D eigenvalue weighted by atomic mass is 9.70. The summed E-state index contributed by atoms with van der Waals surface area (Å²) < 4.78 is 19.7. The maximum atomic E-state index is 14.8. The van der Waals surface area contributed by atoms with Crippen molar-refractivity contribution in [3.8, 4) is 0 Å². The van der Waals surface area contributed by atoms with E-state index in [4.69, 9.17) is 4.74 Å². The van der Waals surface area contributed by atoms with E-state index in [0.29, 0.717) is 11.1 Å². The Morgan fingerprint density at radius 1 is 0.917 bits per heavy atom. The fraction of sp³-hybridized carbons (Fsp3) is 0.281. The maximum Gasteiger partial charge on any atom is 0.337 e. The van der Waals surface area contributed by atoms with Gasteiger partial charge in [0.25, 0.3) is 0 Å². The second-order valence-electron chi connectivity index (χ2n) is 11.3. The molecule has 36 heavy (non-hydrogen) atoms. The SMILES string of the molecule is COC(=O)c1ccc2c3c(ccc2c1)N(c1ccc(C)c(F)c1)c1ccc(C(C)(C)C)cc1C3(C)C. The zero-order chi connectivity index (χ0) is 26.0. The molecule has 0 aliphatic carbocycles. The molecule has 184 valence electrons. The van der Waals surface area contributed by atoms with Gasteiger partial charge in [0.1, 0.15) is 5.82 Å². The van der Waals surface area contributed by atoms with Crippen molar-refractivity contribution < 1.29 is 13.9 Å². The van der Waals surface area contributed by atoms with Crippen LogP contribution in [0.15, 0.2) is 66.7 Å². The molecule has 0 bridgehead atoms. The van der Waals surface area contributed by atoms with Gasteiger partial charge in [0, 0.05) is 11.1 Å². The minimum atomic E-state index is -0.356. The molecule has 1 heterocycles. The van der Waals surface area contributed by atoms with Crippen molar-refractivity contribution >= 4 is 33.8 Å². The summed E-state index contributed by atoms with van der Waals surface area (Å²) in [5.41, 5.74) is 7.22. The molecule has 0 fully saturated rings. The summed E-state index contributed by atoms with van der Waals surface area (Å²) in [6.45, 7) is 12.9.